The Morgan fingerprint density at radius 1 is 0.636 bits per heavy atom. The minimum Gasteiger partial charge on any atom is -0.380 e. The zero-order valence-electron chi connectivity index (χ0n) is 13.7. The molecule has 0 aliphatic carbocycles. The number of aryl methyl sites for hydroxylation is 2. The Hall–Kier alpha value is -1.90. The normalized spacial score (nSPS) is 11.5. The van der Waals surface area contributed by atoms with Gasteiger partial charge in [-0.3, -0.25) is 0 Å². The molecule has 114 valence electrons. The molecule has 0 heterocycles. The average Bonchev–Trinajstić information content (AvgIpc) is 2.53. The van der Waals surface area contributed by atoms with Gasteiger partial charge in [0.1, 0.15) is 0 Å². The summed E-state index contributed by atoms with van der Waals surface area (Å²) in [5.74, 6) is 0. The van der Waals surface area contributed by atoms with Crippen molar-refractivity contribution >= 4 is 21.5 Å². The second kappa shape index (κ2) is 6.07. The van der Waals surface area contributed by atoms with Gasteiger partial charge >= 0.3 is 0 Å². The molecule has 3 rings (SSSR count). The van der Waals surface area contributed by atoms with Crippen LogP contribution in [0.15, 0.2) is 36.4 Å². The van der Waals surface area contributed by atoms with Crippen LogP contribution in [0.5, 0.6) is 0 Å². The Morgan fingerprint density at radius 2 is 1.05 bits per heavy atom. The molecule has 0 saturated carbocycles. The molecule has 0 fully saturated rings. The maximum atomic E-state index is 5.27. The molecule has 3 aromatic rings. The highest BCUT2D eigenvalue weighted by molar-refractivity contribution is 6.05. The van der Waals surface area contributed by atoms with E-state index >= 15 is 0 Å². The molecule has 22 heavy (non-hydrogen) atoms. The van der Waals surface area contributed by atoms with Gasteiger partial charge < -0.3 is 9.47 Å². The second-order valence-electron chi connectivity index (χ2n) is 5.88. The number of fused-ring (bicyclic) bond motifs is 2. The van der Waals surface area contributed by atoms with Gasteiger partial charge in [-0.25, -0.2) is 0 Å². The first kappa shape index (κ1) is 15.0. The summed E-state index contributed by atoms with van der Waals surface area (Å²) in [5.41, 5.74) is 5.09. The predicted octanol–water partition coefficient (Wildman–Crippen LogP) is 4.90. The van der Waals surface area contributed by atoms with Crippen LogP contribution in [-0.4, -0.2) is 14.2 Å². The minimum absolute atomic E-state index is 0.649. The third kappa shape index (κ3) is 2.49. The van der Waals surface area contributed by atoms with E-state index in [1.165, 1.54) is 43.8 Å². The summed E-state index contributed by atoms with van der Waals surface area (Å²) in [7, 11) is 3.47. The monoisotopic (exact) mass is 294 g/mol. The van der Waals surface area contributed by atoms with Crippen LogP contribution in [0, 0.1) is 13.8 Å². The van der Waals surface area contributed by atoms with Gasteiger partial charge in [-0.1, -0.05) is 24.3 Å². The zero-order valence-corrected chi connectivity index (χ0v) is 13.7. The standard InChI is InChI=1S/C20H22O2/c1-13-17-7-5-15(11-21-3)9-19(17)14(2)20-10-16(12-22-4)6-8-18(13)20/h5-10H,11-12H2,1-4H3. The number of rotatable bonds is 4. The van der Waals surface area contributed by atoms with Crippen molar-refractivity contribution in [3.05, 3.63) is 58.7 Å². The van der Waals surface area contributed by atoms with Crippen molar-refractivity contribution in [2.24, 2.45) is 0 Å². The molecular weight excluding hydrogens is 272 g/mol. The molecule has 0 amide bonds. The van der Waals surface area contributed by atoms with E-state index < -0.39 is 0 Å². The summed E-state index contributed by atoms with van der Waals surface area (Å²) < 4.78 is 10.5. The summed E-state index contributed by atoms with van der Waals surface area (Å²) in [4.78, 5) is 0. The van der Waals surface area contributed by atoms with E-state index in [1.54, 1.807) is 14.2 Å². The Morgan fingerprint density at radius 3 is 1.45 bits per heavy atom. The van der Waals surface area contributed by atoms with E-state index in [0.717, 1.165) is 0 Å². The molecule has 0 atom stereocenters. The lowest BCUT2D eigenvalue weighted by Gasteiger charge is -2.14. The largest absolute Gasteiger partial charge is 0.380 e. The number of hydrogen-bond donors (Lipinski definition) is 0. The zero-order chi connectivity index (χ0) is 15.7. The molecule has 0 spiro atoms. The highest BCUT2D eigenvalue weighted by atomic mass is 16.5. The molecule has 0 saturated heterocycles. The molecule has 3 aromatic carbocycles. The Bertz CT molecular complexity index is 767. The molecule has 2 nitrogen and oxygen atoms in total. The fraction of sp³-hybridized carbons (Fsp3) is 0.300. The molecule has 0 aliphatic rings. The molecule has 0 N–H and O–H groups in total. The Labute approximate surface area is 131 Å². The van der Waals surface area contributed by atoms with Crippen LogP contribution < -0.4 is 0 Å². The number of benzene rings is 3. The van der Waals surface area contributed by atoms with Crippen molar-refractivity contribution < 1.29 is 9.47 Å². The highest BCUT2D eigenvalue weighted by Gasteiger charge is 2.10. The van der Waals surface area contributed by atoms with Gasteiger partial charge in [-0.15, -0.1) is 0 Å². The van der Waals surface area contributed by atoms with Crippen LogP contribution in [0.25, 0.3) is 21.5 Å². The van der Waals surface area contributed by atoms with Crippen LogP contribution in [0.4, 0.5) is 0 Å². The van der Waals surface area contributed by atoms with Crippen LogP contribution in [0.1, 0.15) is 22.3 Å². The van der Waals surface area contributed by atoms with Crippen molar-refractivity contribution in [1.29, 1.82) is 0 Å². The van der Waals surface area contributed by atoms with E-state index in [2.05, 4.69) is 50.2 Å². The van der Waals surface area contributed by atoms with Crippen LogP contribution in [-0.2, 0) is 22.7 Å². The quantitative estimate of drug-likeness (QED) is 0.637. The first-order valence-corrected chi connectivity index (χ1v) is 7.58. The highest BCUT2D eigenvalue weighted by Crippen LogP contribution is 2.33. The van der Waals surface area contributed by atoms with E-state index in [-0.39, 0.29) is 0 Å². The van der Waals surface area contributed by atoms with Gasteiger partial charge in [-0.2, -0.15) is 0 Å². The third-order valence-electron chi connectivity index (χ3n) is 4.41. The van der Waals surface area contributed by atoms with Crippen molar-refractivity contribution in [1.82, 2.24) is 0 Å². The number of methoxy groups -OCH3 is 2. The van der Waals surface area contributed by atoms with Crippen molar-refractivity contribution in [3.63, 3.8) is 0 Å². The fourth-order valence-corrected chi connectivity index (χ4v) is 3.26. The fourth-order valence-electron chi connectivity index (χ4n) is 3.26. The van der Waals surface area contributed by atoms with Gasteiger partial charge in [0.15, 0.2) is 0 Å². The van der Waals surface area contributed by atoms with Crippen molar-refractivity contribution in [2.75, 3.05) is 14.2 Å². The van der Waals surface area contributed by atoms with Crippen LogP contribution >= 0.6 is 0 Å². The van der Waals surface area contributed by atoms with E-state index in [9.17, 15) is 0 Å². The smallest absolute Gasteiger partial charge is 0.0713 e. The summed E-state index contributed by atoms with van der Waals surface area (Å²) in [6, 6.07) is 13.3. The van der Waals surface area contributed by atoms with E-state index in [1.807, 2.05) is 0 Å². The lowest BCUT2D eigenvalue weighted by atomic mass is 9.91. The number of ether oxygens (including phenoxy) is 2. The SMILES string of the molecule is COCc1ccc2c(C)c3ccc(COC)cc3c(C)c2c1. The summed E-state index contributed by atoms with van der Waals surface area (Å²) >= 11 is 0. The molecule has 2 heteroatoms. The van der Waals surface area contributed by atoms with Gasteiger partial charge in [0.05, 0.1) is 13.2 Å². The van der Waals surface area contributed by atoms with Gasteiger partial charge in [0, 0.05) is 14.2 Å². The molecule has 0 unspecified atom stereocenters. The second-order valence-corrected chi connectivity index (χ2v) is 5.88. The molecule has 0 aliphatic heterocycles. The van der Waals surface area contributed by atoms with Crippen molar-refractivity contribution in [2.45, 2.75) is 27.1 Å². The average molecular weight is 294 g/mol. The van der Waals surface area contributed by atoms with Crippen LogP contribution in [0.2, 0.25) is 0 Å². The third-order valence-corrected chi connectivity index (χ3v) is 4.41. The lowest BCUT2D eigenvalue weighted by molar-refractivity contribution is 0.185. The van der Waals surface area contributed by atoms with Crippen LogP contribution in [0.3, 0.4) is 0 Å². The molecule has 0 aromatic heterocycles. The van der Waals surface area contributed by atoms with Gasteiger partial charge in [0.25, 0.3) is 0 Å². The molecule has 0 radical (unpaired) electrons. The summed E-state index contributed by atoms with van der Waals surface area (Å²) in [6.45, 7) is 5.71. The minimum atomic E-state index is 0.649. The van der Waals surface area contributed by atoms with E-state index in [4.69, 9.17) is 9.47 Å². The first-order chi connectivity index (χ1) is 10.7. The Balaban J connectivity index is 2.31. The maximum absolute atomic E-state index is 5.27. The lowest BCUT2D eigenvalue weighted by Crippen LogP contribution is -1.94. The first-order valence-electron chi connectivity index (χ1n) is 7.58. The molecular formula is C20H22O2. The topological polar surface area (TPSA) is 18.5 Å². The van der Waals surface area contributed by atoms with Gasteiger partial charge in [0.2, 0.25) is 0 Å². The Kier molecular flexibility index (Phi) is 4.14. The number of hydrogen-bond acceptors (Lipinski definition) is 2. The maximum Gasteiger partial charge on any atom is 0.0713 e. The molecule has 0 bridgehead atoms. The van der Waals surface area contributed by atoms with Gasteiger partial charge in [-0.05, 0) is 69.8 Å². The van der Waals surface area contributed by atoms with Crippen molar-refractivity contribution in [3.8, 4) is 0 Å². The summed E-state index contributed by atoms with van der Waals surface area (Å²) in [6.07, 6.45) is 0. The summed E-state index contributed by atoms with van der Waals surface area (Å²) in [5, 5.41) is 5.27. The van der Waals surface area contributed by atoms with E-state index in [0.29, 0.717) is 13.2 Å². The predicted molar refractivity (Wildman–Crippen MR) is 92.4 cm³/mol.